The van der Waals surface area contributed by atoms with E-state index >= 15 is 0 Å². The molecule has 18 heavy (non-hydrogen) atoms. The maximum Gasteiger partial charge on any atom is 0.244 e. The van der Waals surface area contributed by atoms with Crippen LogP contribution in [0.2, 0.25) is 0 Å². The molecule has 10 heteroatoms. The molecule has 98 valence electrons. The molecule has 2 rings (SSSR count). The molecule has 0 saturated carbocycles. The lowest BCUT2D eigenvalue weighted by atomic mass is 10.4. The van der Waals surface area contributed by atoms with Crippen LogP contribution in [0.1, 0.15) is 17.2 Å². The Hall–Kier alpha value is -1.78. The molecule has 0 aromatic carbocycles. The van der Waals surface area contributed by atoms with Crippen LogP contribution in [-0.2, 0) is 23.1 Å². The zero-order valence-corrected chi connectivity index (χ0v) is 10.4. The number of aromatic nitrogens is 4. The molecule has 0 saturated heterocycles. The summed E-state index contributed by atoms with van der Waals surface area (Å²) in [5.74, 6) is 0.244. The first-order chi connectivity index (χ1) is 8.54. The van der Waals surface area contributed by atoms with Gasteiger partial charge in [-0.1, -0.05) is 5.16 Å². The summed E-state index contributed by atoms with van der Waals surface area (Å²) >= 11 is 0. The van der Waals surface area contributed by atoms with E-state index in [1.54, 1.807) is 6.92 Å². The molecule has 0 aliphatic heterocycles. The zero-order valence-electron chi connectivity index (χ0n) is 9.54. The lowest BCUT2D eigenvalue weighted by Gasteiger charge is -2.05. The van der Waals surface area contributed by atoms with Crippen LogP contribution >= 0.6 is 0 Å². The van der Waals surface area contributed by atoms with Crippen LogP contribution < -0.4 is 10.5 Å². The van der Waals surface area contributed by atoms with Crippen LogP contribution in [0.4, 0.5) is 0 Å². The van der Waals surface area contributed by atoms with Crippen molar-refractivity contribution in [2.75, 3.05) is 0 Å². The van der Waals surface area contributed by atoms with Gasteiger partial charge in [0.15, 0.2) is 5.82 Å². The third-order valence-electron chi connectivity index (χ3n) is 2.25. The number of H-pyrrole nitrogens is 1. The van der Waals surface area contributed by atoms with Gasteiger partial charge in [0.2, 0.25) is 16.4 Å². The van der Waals surface area contributed by atoms with Gasteiger partial charge in [-0.3, -0.25) is 5.10 Å². The van der Waals surface area contributed by atoms with Crippen molar-refractivity contribution in [2.45, 2.75) is 24.9 Å². The number of aryl methyl sites for hydroxylation is 1. The lowest BCUT2D eigenvalue weighted by molar-refractivity contribution is 0.409. The van der Waals surface area contributed by atoms with E-state index in [0.717, 1.165) is 6.39 Å². The average molecular weight is 272 g/mol. The van der Waals surface area contributed by atoms with Crippen molar-refractivity contribution >= 4 is 10.0 Å². The highest BCUT2D eigenvalue weighted by atomic mass is 32.2. The highest BCUT2D eigenvalue weighted by Crippen LogP contribution is 2.16. The summed E-state index contributed by atoms with van der Waals surface area (Å²) in [6, 6.07) is 0. The fourth-order valence-corrected chi connectivity index (χ4v) is 2.82. The third-order valence-corrected chi connectivity index (χ3v) is 3.85. The van der Waals surface area contributed by atoms with E-state index in [9.17, 15) is 8.42 Å². The van der Waals surface area contributed by atoms with E-state index in [2.05, 4.69) is 29.6 Å². The average Bonchev–Trinajstić information content (AvgIpc) is 2.95. The second-order valence-corrected chi connectivity index (χ2v) is 5.20. The summed E-state index contributed by atoms with van der Waals surface area (Å²) in [7, 11) is -3.71. The Morgan fingerprint density at radius 3 is 2.94 bits per heavy atom. The van der Waals surface area contributed by atoms with Gasteiger partial charge in [-0.15, -0.1) is 0 Å². The first kappa shape index (κ1) is 12.7. The molecule has 0 amide bonds. The molecule has 0 spiro atoms. The topological polar surface area (TPSA) is 140 Å². The SMILES string of the molecule is Cc1[nH]nc(CN)c1S(=O)(=O)NCc1ncon1. The summed E-state index contributed by atoms with van der Waals surface area (Å²) in [5, 5.41) is 9.92. The molecular formula is C8H12N6O3S. The van der Waals surface area contributed by atoms with Gasteiger partial charge in [0.25, 0.3) is 0 Å². The summed E-state index contributed by atoms with van der Waals surface area (Å²) in [6.07, 6.45) is 1.12. The molecule has 0 radical (unpaired) electrons. The number of aromatic amines is 1. The van der Waals surface area contributed by atoms with Crippen molar-refractivity contribution < 1.29 is 12.9 Å². The molecule has 0 unspecified atom stereocenters. The monoisotopic (exact) mass is 272 g/mol. The molecular weight excluding hydrogens is 260 g/mol. The molecule has 2 aromatic heterocycles. The first-order valence-corrected chi connectivity index (χ1v) is 6.51. The van der Waals surface area contributed by atoms with E-state index in [1.807, 2.05) is 0 Å². The van der Waals surface area contributed by atoms with Gasteiger partial charge in [-0.05, 0) is 6.92 Å². The number of hydrogen-bond donors (Lipinski definition) is 3. The first-order valence-electron chi connectivity index (χ1n) is 5.03. The molecule has 0 bridgehead atoms. The van der Waals surface area contributed by atoms with Gasteiger partial charge < -0.3 is 10.3 Å². The minimum Gasteiger partial charge on any atom is -0.343 e. The molecule has 0 atom stereocenters. The molecule has 9 nitrogen and oxygen atoms in total. The van der Waals surface area contributed by atoms with Crippen LogP contribution in [0, 0.1) is 6.92 Å². The smallest absolute Gasteiger partial charge is 0.244 e. The number of hydrogen-bond acceptors (Lipinski definition) is 7. The highest BCUT2D eigenvalue weighted by molar-refractivity contribution is 7.89. The normalized spacial score (nSPS) is 11.9. The predicted molar refractivity (Wildman–Crippen MR) is 59.5 cm³/mol. The van der Waals surface area contributed by atoms with Crippen molar-refractivity contribution in [3.8, 4) is 0 Å². The second kappa shape index (κ2) is 4.84. The Morgan fingerprint density at radius 1 is 1.56 bits per heavy atom. The molecule has 0 fully saturated rings. The van der Waals surface area contributed by atoms with Crippen molar-refractivity contribution in [1.82, 2.24) is 25.1 Å². The fourth-order valence-electron chi connectivity index (χ4n) is 1.47. The van der Waals surface area contributed by atoms with Crippen LogP contribution in [-0.4, -0.2) is 28.8 Å². The van der Waals surface area contributed by atoms with E-state index in [-0.39, 0.29) is 29.5 Å². The number of nitrogens with one attached hydrogen (secondary N) is 2. The Kier molecular flexibility index (Phi) is 3.41. The maximum atomic E-state index is 12.1. The van der Waals surface area contributed by atoms with Crippen molar-refractivity contribution in [3.63, 3.8) is 0 Å². The largest absolute Gasteiger partial charge is 0.343 e. The summed E-state index contributed by atoms with van der Waals surface area (Å²) in [4.78, 5) is 3.78. The fraction of sp³-hybridized carbons (Fsp3) is 0.375. The van der Waals surface area contributed by atoms with E-state index in [0.29, 0.717) is 5.69 Å². The standard InChI is InChI=1S/C8H12N6O3S/c1-5-8(6(2-9)13-12-5)18(15,16)11-3-7-10-4-17-14-7/h4,11H,2-3,9H2,1H3,(H,12,13). The highest BCUT2D eigenvalue weighted by Gasteiger charge is 2.23. The summed E-state index contributed by atoms with van der Waals surface area (Å²) in [6.45, 7) is 1.57. The molecule has 2 heterocycles. The number of nitrogens with zero attached hydrogens (tertiary/aromatic N) is 3. The van der Waals surface area contributed by atoms with E-state index < -0.39 is 10.0 Å². The molecule has 0 aliphatic rings. The van der Waals surface area contributed by atoms with Gasteiger partial charge >= 0.3 is 0 Å². The van der Waals surface area contributed by atoms with Crippen molar-refractivity contribution in [2.24, 2.45) is 5.73 Å². The third kappa shape index (κ3) is 2.39. The van der Waals surface area contributed by atoms with Crippen LogP contribution in [0.15, 0.2) is 15.8 Å². The second-order valence-electron chi connectivity index (χ2n) is 3.50. The zero-order chi connectivity index (χ0) is 13.2. The van der Waals surface area contributed by atoms with E-state index in [4.69, 9.17) is 5.73 Å². The van der Waals surface area contributed by atoms with Gasteiger partial charge in [-0.25, -0.2) is 13.1 Å². The minimum atomic E-state index is -3.71. The van der Waals surface area contributed by atoms with Gasteiger partial charge in [0, 0.05) is 6.54 Å². The molecule has 0 aliphatic carbocycles. The Labute approximate surface area is 103 Å². The Bertz CT molecular complexity index is 617. The van der Waals surface area contributed by atoms with Crippen molar-refractivity contribution in [3.05, 3.63) is 23.6 Å². The molecule has 4 N–H and O–H groups in total. The van der Waals surface area contributed by atoms with Gasteiger partial charge in [0.1, 0.15) is 4.90 Å². The summed E-state index contributed by atoms with van der Waals surface area (Å²) < 4.78 is 31.0. The summed E-state index contributed by atoms with van der Waals surface area (Å²) in [5.41, 5.74) is 6.15. The minimum absolute atomic E-state index is 0.0305. The van der Waals surface area contributed by atoms with Crippen molar-refractivity contribution in [1.29, 1.82) is 0 Å². The number of sulfonamides is 1. The predicted octanol–water partition coefficient (Wildman–Crippen LogP) is -0.962. The Balaban J connectivity index is 2.22. The van der Waals surface area contributed by atoms with E-state index in [1.165, 1.54) is 0 Å². The number of nitrogens with two attached hydrogens (primary N) is 1. The number of rotatable bonds is 5. The van der Waals surface area contributed by atoms with Crippen LogP contribution in [0.3, 0.4) is 0 Å². The Morgan fingerprint density at radius 2 is 2.33 bits per heavy atom. The van der Waals surface area contributed by atoms with Crippen LogP contribution in [0.25, 0.3) is 0 Å². The van der Waals surface area contributed by atoms with Gasteiger partial charge in [-0.2, -0.15) is 10.1 Å². The molecule has 2 aromatic rings. The quantitative estimate of drug-likeness (QED) is 0.636. The van der Waals surface area contributed by atoms with Gasteiger partial charge in [0.05, 0.1) is 17.9 Å². The van der Waals surface area contributed by atoms with Crippen LogP contribution in [0.5, 0.6) is 0 Å². The maximum absolute atomic E-state index is 12.1. The lowest BCUT2D eigenvalue weighted by Crippen LogP contribution is -2.25.